The highest BCUT2D eigenvalue weighted by Gasteiger charge is 2.39. The Kier molecular flexibility index (Phi) is 5.65. The van der Waals surface area contributed by atoms with E-state index in [-0.39, 0.29) is 12.4 Å². The molecule has 3 rings (SSSR count). The molecule has 116 valence electrons. The van der Waals surface area contributed by atoms with Crippen LogP contribution in [-0.4, -0.2) is 29.9 Å². The molecule has 3 atom stereocenters. The van der Waals surface area contributed by atoms with Gasteiger partial charge in [-0.15, -0.1) is 12.4 Å². The smallest absolute Gasteiger partial charge is 0.222 e. The van der Waals surface area contributed by atoms with Gasteiger partial charge in [-0.3, -0.25) is 4.79 Å². The zero-order valence-electron chi connectivity index (χ0n) is 12.4. The summed E-state index contributed by atoms with van der Waals surface area (Å²) in [6.45, 7) is 1.82. The molecule has 21 heavy (non-hydrogen) atoms. The number of carbonyl (C=O) groups is 1. The second-order valence-electron chi connectivity index (χ2n) is 6.30. The lowest BCUT2D eigenvalue weighted by Gasteiger charge is -2.29. The molecule has 3 unspecified atom stereocenters. The molecule has 1 saturated carbocycles. The van der Waals surface area contributed by atoms with Crippen LogP contribution in [0.4, 0.5) is 0 Å². The number of nitrogens with zero attached hydrogens (tertiary/aromatic N) is 1. The average Bonchev–Trinajstić information content (AvgIpc) is 2.91. The summed E-state index contributed by atoms with van der Waals surface area (Å²) in [5.41, 5.74) is 7.45. The summed E-state index contributed by atoms with van der Waals surface area (Å²) in [6.07, 6.45) is 5.08. The summed E-state index contributed by atoms with van der Waals surface area (Å²) < 4.78 is 0. The highest BCUT2D eigenvalue weighted by atomic mass is 35.5. The fraction of sp³-hybridized carbons (Fsp3) is 0.588. The third-order valence-corrected chi connectivity index (χ3v) is 4.98. The van der Waals surface area contributed by atoms with Crippen LogP contribution in [0.1, 0.15) is 31.2 Å². The predicted molar refractivity (Wildman–Crippen MR) is 87.4 cm³/mol. The van der Waals surface area contributed by atoms with Gasteiger partial charge in [0.1, 0.15) is 0 Å². The van der Waals surface area contributed by atoms with Crippen molar-refractivity contribution in [2.24, 2.45) is 17.6 Å². The highest BCUT2D eigenvalue weighted by molar-refractivity contribution is 5.85. The number of rotatable bonds is 3. The molecule has 0 aromatic heterocycles. The van der Waals surface area contributed by atoms with E-state index >= 15 is 0 Å². The van der Waals surface area contributed by atoms with Gasteiger partial charge in [-0.05, 0) is 36.7 Å². The Bertz CT molecular complexity index is 465. The summed E-state index contributed by atoms with van der Waals surface area (Å²) in [7, 11) is 0. The molecule has 4 heteroatoms. The zero-order chi connectivity index (χ0) is 13.9. The third-order valence-electron chi connectivity index (χ3n) is 4.98. The molecule has 0 bridgehead atoms. The minimum absolute atomic E-state index is 0. The van der Waals surface area contributed by atoms with Crippen LogP contribution in [0, 0.1) is 11.8 Å². The van der Waals surface area contributed by atoms with E-state index < -0.39 is 0 Å². The Morgan fingerprint density at radius 1 is 1.19 bits per heavy atom. The second kappa shape index (κ2) is 7.28. The van der Waals surface area contributed by atoms with E-state index in [4.69, 9.17) is 5.73 Å². The largest absolute Gasteiger partial charge is 0.342 e. The van der Waals surface area contributed by atoms with Crippen LogP contribution >= 0.6 is 12.4 Å². The number of nitrogens with two attached hydrogens (primary N) is 1. The van der Waals surface area contributed by atoms with Crippen LogP contribution in [0.2, 0.25) is 0 Å². The number of likely N-dealkylation sites (tertiary alicyclic amines) is 1. The molecule has 0 spiro atoms. The van der Waals surface area contributed by atoms with Crippen molar-refractivity contribution in [1.82, 2.24) is 4.90 Å². The maximum absolute atomic E-state index is 12.4. The van der Waals surface area contributed by atoms with Gasteiger partial charge in [-0.25, -0.2) is 0 Å². The molecule has 1 heterocycles. The Balaban J connectivity index is 0.00000161. The van der Waals surface area contributed by atoms with Crippen molar-refractivity contribution < 1.29 is 4.79 Å². The second-order valence-corrected chi connectivity index (χ2v) is 6.30. The van der Waals surface area contributed by atoms with Crippen LogP contribution in [0.15, 0.2) is 30.3 Å². The lowest BCUT2D eigenvalue weighted by Crippen LogP contribution is -2.38. The monoisotopic (exact) mass is 308 g/mol. The van der Waals surface area contributed by atoms with Crippen molar-refractivity contribution >= 4 is 18.3 Å². The molecule has 3 nitrogen and oxygen atoms in total. The Morgan fingerprint density at radius 2 is 1.95 bits per heavy atom. The lowest BCUT2D eigenvalue weighted by molar-refractivity contribution is -0.130. The molecule has 2 N–H and O–H groups in total. The van der Waals surface area contributed by atoms with Gasteiger partial charge >= 0.3 is 0 Å². The molecular formula is C17H25ClN2O. The SMILES string of the molecule is Cl.NC1CCCC2CN(C(=O)CCc3ccccc3)CC12. The Labute approximate surface area is 133 Å². The van der Waals surface area contributed by atoms with Crippen molar-refractivity contribution in [3.05, 3.63) is 35.9 Å². The summed E-state index contributed by atoms with van der Waals surface area (Å²) in [5, 5.41) is 0. The Morgan fingerprint density at radius 3 is 2.67 bits per heavy atom. The van der Waals surface area contributed by atoms with Gasteiger partial charge in [0.05, 0.1) is 0 Å². The van der Waals surface area contributed by atoms with Crippen LogP contribution in [0.5, 0.6) is 0 Å². The maximum atomic E-state index is 12.4. The van der Waals surface area contributed by atoms with Gasteiger partial charge in [-0.1, -0.05) is 36.8 Å². The van der Waals surface area contributed by atoms with Crippen LogP contribution in [0.25, 0.3) is 0 Å². The molecule has 1 aromatic rings. The highest BCUT2D eigenvalue weighted by Crippen LogP contribution is 2.35. The summed E-state index contributed by atoms with van der Waals surface area (Å²) in [6, 6.07) is 10.6. The van der Waals surface area contributed by atoms with Gasteiger partial charge in [0, 0.05) is 25.6 Å². The van der Waals surface area contributed by atoms with Gasteiger partial charge in [0.25, 0.3) is 0 Å². The number of carbonyl (C=O) groups excluding carboxylic acids is 1. The molecule has 2 aliphatic rings. The van der Waals surface area contributed by atoms with E-state index in [1.807, 2.05) is 18.2 Å². The van der Waals surface area contributed by atoms with Gasteiger partial charge < -0.3 is 10.6 Å². The molecule has 1 aliphatic carbocycles. The molecular weight excluding hydrogens is 284 g/mol. The molecule has 1 aromatic carbocycles. The average molecular weight is 309 g/mol. The number of hydrogen-bond donors (Lipinski definition) is 1. The van der Waals surface area contributed by atoms with E-state index in [1.54, 1.807) is 0 Å². The van der Waals surface area contributed by atoms with Gasteiger partial charge in [0.2, 0.25) is 5.91 Å². The van der Waals surface area contributed by atoms with E-state index in [2.05, 4.69) is 17.0 Å². The number of aryl methyl sites for hydroxylation is 1. The van der Waals surface area contributed by atoms with Crippen molar-refractivity contribution in [2.45, 2.75) is 38.1 Å². The standard InChI is InChI=1S/C17H24N2O.ClH/c18-16-8-4-7-14-11-19(12-15(14)16)17(20)10-9-13-5-2-1-3-6-13;/h1-3,5-6,14-16H,4,7-12,18H2;1H. The first-order valence-electron chi connectivity index (χ1n) is 7.81. The van der Waals surface area contributed by atoms with Crippen molar-refractivity contribution in [3.8, 4) is 0 Å². The lowest BCUT2D eigenvalue weighted by atomic mass is 9.78. The number of benzene rings is 1. The van der Waals surface area contributed by atoms with Crippen molar-refractivity contribution in [2.75, 3.05) is 13.1 Å². The first-order valence-corrected chi connectivity index (χ1v) is 7.81. The van der Waals surface area contributed by atoms with E-state index in [0.717, 1.165) is 25.9 Å². The molecule has 1 aliphatic heterocycles. The first kappa shape index (κ1) is 16.3. The third kappa shape index (κ3) is 3.78. The molecule has 0 radical (unpaired) electrons. The predicted octanol–water partition coefficient (Wildman–Crippen LogP) is 2.63. The quantitative estimate of drug-likeness (QED) is 0.933. The van der Waals surface area contributed by atoms with E-state index in [1.165, 1.54) is 18.4 Å². The van der Waals surface area contributed by atoms with E-state index in [0.29, 0.717) is 30.2 Å². The van der Waals surface area contributed by atoms with Crippen molar-refractivity contribution in [3.63, 3.8) is 0 Å². The summed E-state index contributed by atoms with van der Waals surface area (Å²) in [5.74, 6) is 1.50. The van der Waals surface area contributed by atoms with Crippen molar-refractivity contribution in [1.29, 1.82) is 0 Å². The van der Waals surface area contributed by atoms with Crippen LogP contribution in [0.3, 0.4) is 0 Å². The first-order chi connectivity index (χ1) is 9.74. The molecule has 1 amide bonds. The number of hydrogen-bond acceptors (Lipinski definition) is 2. The zero-order valence-corrected chi connectivity index (χ0v) is 13.2. The summed E-state index contributed by atoms with van der Waals surface area (Å²) >= 11 is 0. The number of halogens is 1. The minimum Gasteiger partial charge on any atom is -0.342 e. The Hall–Kier alpha value is -1.06. The topological polar surface area (TPSA) is 46.3 Å². The van der Waals surface area contributed by atoms with E-state index in [9.17, 15) is 4.79 Å². The molecule has 2 fully saturated rings. The van der Waals surface area contributed by atoms with Crippen LogP contribution < -0.4 is 5.73 Å². The minimum atomic E-state index is 0. The maximum Gasteiger partial charge on any atom is 0.222 e. The van der Waals surface area contributed by atoms with Gasteiger partial charge in [0.15, 0.2) is 0 Å². The fourth-order valence-electron chi connectivity index (χ4n) is 3.77. The van der Waals surface area contributed by atoms with Gasteiger partial charge in [-0.2, -0.15) is 0 Å². The fourth-order valence-corrected chi connectivity index (χ4v) is 3.77. The summed E-state index contributed by atoms with van der Waals surface area (Å²) in [4.78, 5) is 14.4. The number of amides is 1. The normalized spacial score (nSPS) is 27.9. The van der Waals surface area contributed by atoms with Crippen LogP contribution in [-0.2, 0) is 11.2 Å². The molecule has 1 saturated heterocycles. The number of fused-ring (bicyclic) bond motifs is 1.